The van der Waals surface area contributed by atoms with Crippen molar-refractivity contribution in [2.75, 3.05) is 39.6 Å². The first-order chi connectivity index (χ1) is 10.4. The van der Waals surface area contributed by atoms with E-state index >= 15 is 0 Å². The molecule has 114 valence electrons. The topological polar surface area (TPSA) is 47.9 Å². The highest BCUT2D eigenvalue weighted by Gasteiger charge is 2.13. The van der Waals surface area contributed by atoms with Gasteiger partial charge in [0, 0.05) is 25.4 Å². The third-order valence-electron chi connectivity index (χ3n) is 3.36. The molecule has 1 aromatic carbocycles. The van der Waals surface area contributed by atoms with E-state index in [4.69, 9.17) is 19.3 Å². The third-order valence-corrected chi connectivity index (χ3v) is 3.36. The molecule has 0 atom stereocenters. The molecule has 1 saturated heterocycles. The maximum atomic E-state index is 8.62. The van der Waals surface area contributed by atoms with Crippen LogP contribution in [0.5, 0.6) is 5.75 Å². The highest BCUT2D eigenvalue weighted by atomic mass is 16.5. The second-order valence-electron chi connectivity index (χ2n) is 4.96. The minimum Gasteiger partial charge on any atom is -0.491 e. The van der Waals surface area contributed by atoms with E-state index in [1.165, 1.54) is 0 Å². The number of benzene rings is 1. The summed E-state index contributed by atoms with van der Waals surface area (Å²) in [6.45, 7) is 3.53. The maximum Gasteiger partial charge on any atom is 0.119 e. The van der Waals surface area contributed by atoms with Crippen LogP contribution in [0.15, 0.2) is 24.3 Å². The predicted octanol–water partition coefficient (Wildman–Crippen LogP) is 1.85. The van der Waals surface area contributed by atoms with Crippen molar-refractivity contribution in [1.82, 2.24) is 0 Å². The van der Waals surface area contributed by atoms with Crippen molar-refractivity contribution in [2.45, 2.75) is 12.8 Å². The lowest BCUT2D eigenvalue weighted by Gasteiger charge is -2.21. The van der Waals surface area contributed by atoms with Gasteiger partial charge < -0.3 is 19.3 Å². The summed E-state index contributed by atoms with van der Waals surface area (Å²) in [4.78, 5) is 0. The summed E-state index contributed by atoms with van der Waals surface area (Å²) in [5.41, 5.74) is 0.868. The highest BCUT2D eigenvalue weighted by Crippen LogP contribution is 2.15. The van der Waals surface area contributed by atoms with Gasteiger partial charge in [-0.1, -0.05) is 11.8 Å². The molecule has 0 bridgehead atoms. The van der Waals surface area contributed by atoms with Crippen LogP contribution in [0, 0.1) is 17.8 Å². The lowest BCUT2D eigenvalue weighted by Crippen LogP contribution is -2.21. The Morgan fingerprint density at radius 3 is 2.62 bits per heavy atom. The van der Waals surface area contributed by atoms with Crippen LogP contribution in [-0.2, 0) is 9.47 Å². The maximum absolute atomic E-state index is 8.62. The van der Waals surface area contributed by atoms with Gasteiger partial charge in [-0.2, -0.15) is 0 Å². The molecule has 1 aliphatic heterocycles. The van der Waals surface area contributed by atoms with Crippen molar-refractivity contribution >= 4 is 0 Å². The average molecular weight is 290 g/mol. The van der Waals surface area contributed by atoms with Crippen LogP contribution in [0.2, 0.25) is 0 Å². The van der Waals surface area contributed by atoms with Gasteiger partial charge in [-0.25, -0.2) is 0 Å². The Kier molecular flexibility index (Phi) is 7.10. The second kappa shape index (κ2) is 9.41. The molecule has 0 radical (unpaired) electrons. The summed E-state index contributed by atoms with van der Waals surface area (Å²) < 4.78 is 16.6. The molecular formula is C17H22O4. The normalized spacial score (nSPS) is 15.3. The Morgan fingerprint density at radius 1 is 1.14 bits per heavy atom. The van der Waals surface area contributed by atoms with Crippen LogP contribution in [0.25, 0.3) is 0 Å². The van der Waals surface area contributed by atoms with E-state index in [2.05, 4.69) is 11.8 Å². The molecule has 0 saturated carbocycles. The molecule has 1 aromatic rings. The first kappa shape index (κ1) is 15.8. The second-order valence-corrected chi connectivity index (χ2v) is 4.96. The highest BCUT2D eigenvalue weighted by molar-refractivity contribution is 5.38. The monoisotopic (exact) mass is 290 g/mol. The summed E-state index contributed by atoms with van der Waals surface area (Å²) >= 11 is 0. The van der Waals surface area contributed by atoms with Gasteiger partial charge in [0.25, 0.3) is 0 Å². The van der Waals surface area contributed by atoms with E-state index in [0.29, 0.717) is 19.1 Å². The molecule has 0 unspecified atom stereocenters. The smallest absolute Gasteiger partial charge is 0.119 e. The van der Waals surface area contributed by atoms with Crippen molar-refractivity contribution in [3.05, 3.63) is 29.8 Å². The fraction of sp³-hybridized carbons (Fsp3) is 0.529. The van der Waals surface area contributed by atoms with Crippen molar-refractivity contribution in [1.29, 1.82) is 0 Å². The molecule has 0 aromatic heterocycles. The van der Waals surface area contributed by atoms with E-state index in [9.17, 15) is 0 Å². The lowest BCUT2D eigenvalue weighted by atomic mass is 10.0. The van der Waals surface area contributed by atoms with Crippen LogP contribution in [-0.4, -0.2) is 44.7 Å². The van der Waals surface area contributed by atoms with Crippen molar-refractivity contribution < 1.29 is 19.3 Å². The predicted molar refractivity (Wildman–Crippen MR) is 80.3 cm³/mol. The zero-order chi connectivity index (χ0) is 14.8. The van der Waals surface area contributed by atoms with Gasteiger partial charge in [-0.05, 0) is 43.0 Å². The zero-order valence-corrected chi connectivity index (χ0v) is 12.2. The van der Waals surface area contributed by atoms with Gasteiger partial charge >= 0.3 is 0 Å². The van der Waals surface area contributed by atoms with Gasteiger partial charge in [0.1, 0.15) is 19.0 Å². The molecule has 0 spiro atoms. The zero-order valence-electron chi connectivity index (χ0n) is 12.2. The van der Waals surface area contributed by atoms with E-state index in [1.54, 1.807) is 0 Å². The van der Waals surface area contributed by atoms with Crippen LogP contribution in [0.4, 0.5) is 0 Å². The van der Waals surface area contributed by atoms with E-state index in [0.717, 1.165) is 44.0 Å². The molecule has 1 fully saturated rings. The van der Waals surface area contributed by atoms with E-state index in [-0.39, 0.29) is 6.61 Å². The van der Waals surface area contributed by atoms with Crippen molar-refractivity contribution in [3.63, 3.8) is 0 Å². The lowest BCUT2D eigenvalue weighted by molar-refractivity contribution is 0.0139. The number of aliphatic hydroxyl groups excluding tert-OH is 1. The summed E-state index contributed by atoms with van der Waals surface area (Å²) in [7, 11) is 0. The number of rotatable bonds is 6. The Balaban J connectivity index is 1.59. The van der Waals surface area contributed by atoms with Gasteiger partial charge in [-0.3, -0.25) is 0 Å². The number of hydrogen-bond acceptors (Lipinski definition) is 4. The molecule has 4 nitrogen and oxygen atoms in total. The Labute approximate surface area is 126 Å². The largest absolute Gasteiger partial charge is 0.491 e. The molecule has 1 aliphatic rings. The van der Waals surface area contributed by atoms with Crippen LogP contribution in [0.3, 0.4) is 0 Å². The first-order valence-corrected chi connectivity index (χ1v) is 7.36. The Hall–Kier alpha value is -1.54. The Morgan fingerprint density at radius 2 is 1.90 bits per heavy atom. The summed E-state index contributed by atoms with van der Waals surface area (Å²) in [6.07, 6.45) is 2.19. The van der Waals surface area contributed by atoms with Gasteiger partial charge in [-0.15, -0.1) is 0 Å². The minimum absolute atomic E-state index is 0.122. The standard InChI is InChI=1S/C17H22O4/c18-9-1-2-15-3-5-17(6-4-15)21-13-12-20-14-16-7-10-19-11-8-16/h3-6,16,18H,7-14H2. The molecular weight excluding hydrogens is 268 g/mol. The van der Waals surface area contributed by atoms with E-state index in [1.807, 2.05) is 24.3 Å². The van der Waals surface area contributed by atoms with Crippen molar-refractivity contribution in [3.8, 4) is 17.6 Å². The van der Waals surface area contributed by atoms with Crippen LogP contribution >= 0.6 is 0 Å². The van der Waals surface area contributed by atoms with Gasteiger partial charge in [0.05, 0.1) is 6.61 Å². The van der Waals surface area contributed by atoms with Crippen LogP contribution < -0.4 is 4.74 Å². The minimum atomic E-state index is -0.122. The van der Waals surface area contributed by atoms with Crippen LogP contribution in [0.1, 0.15) is 18.4 Å². The third kappa shape index (κ3) is 6.17. The van der Waals surface area contributed by atoms with Gasteiger partial charge in [0.2, 0.25) is 0 Å². The fourth-order valence-electron chi connectivity index (χ4n) is 2.16. The Bertz CT molecular complexity index is 452. The van der Waals surface area contributed by atoms with Crippen molar-refractivity contribution in [2.24, 2.45) is 5.92 Å². The molecule has 1 heterocycles. The fourth-order valence-corrected chi connectivity index (χ4v) is 2.16. The molecule has 0 aliphatic carbocycles. The summed E-state index contributed by atoms with van der Waals surface area (Å²) in [5.74, 6) is 6.89. The number of aliphatic hydroxyl groups is 1. The molecule has 4 heteroatoms. The first-order valence-electron chi connectivity index (χ1n) is 7.36. The molecule has 21 heavy (non-hydrogen) atoms. The average Bonchev–Trinajstić information content (AvgIpc) is 2.55. The van der Waals surface area contributed by atoms with Gasteiger partial charge in [0.15, 0.2) is 0 Å². The number of ether oxygens (including phenoxy) is 3. The summed E-state index contributed by atoms with van der Waals surface area (Å²) in [5, 5.41) is 8.62. The number of hydrogen-bond donors (Lipinski definition) is 1. The van der Waals surface area contributed by atoms with E-state index < -0.39 is 0 Å². The SMILES string of the molecule is OCC#Cc1ccc(OCCOCC2CCOCC2)cc1. The molecule has 2 rings (SSSR count). The molecule has 1 N–H and O–H groups in total. The quantitative estimate of drug-likeness (QED) is 0.641. The molecule has 0 amide bonds. The summed E-state index contributed by atoms with van der Waals surface area (Å²) in [6, 6.07) is 7.50.